The van der Waals surface area contributed by atoms with Gasteiger partial charge in [-0.2, -0.15) is 0 Å². The Bertz CT molecular complexity index is 1040. The second-order valence-electron chi connectivity index (χ2n) is 5.48. The Morgan fingerprint density at radius 2 is 1.76 bits per heavy atom. The number of carbonyl (C=O) groups is 1. The van der Waals surface area contributed by atoms with Gasteiger partial charge in [0.1, 0.15) is 0 Å². The highest BCUT2D eigenvalue weighted by molar-refractivity contribution is 7.92. The number of nitrogens with one attached hydrogen (secondary N) is 1. The van der Waals surface area contributed by atoms with Gasteiger partial charge < -0.3 is 4.74 Å². The van der Waals surface area contributed by atoms with Crippen LogP contribution in [-0.4, -0.2) is 26.5 Å². The molecular formula is C18H16N2O4S. The van der Waals surface area contributed by atoms with E-state index >= 15 is 0 Å². The van der Waals surface area contributed by atoms with E-state index in [9.17, 15) is 13.2 Å². The summed E-state index contributed by atoms with van der Waals surface area (Å²) in [5.74, 6) is -0.637. The predicted molar refractivity (Wildman–Crippen MR) is 95.1 cm³/mol. The fraction of sp³-hybridized carbons (Fsp3) is 0.111. The molecule has 3 aromatic rings. The van der Waals surface area contributed by atoms with Crippen LogP contribution >= 0.6 is 0 Å². The third kappa shape index (κ3) is 3.46. The van der Waals surface area contributed by atoms with E-state index in [1.807, 2.05) is 6.92 Å². The van der Waals surface area contributed by atoms with Crippen LogP contribution in [0.15, 0.2) is 59.5 Å². The molecule has 0 saturated carbocycles. The van der Waals surface area contributed by atoms with Crippen molar-refractivity contribution < 1.29 is 17.9 Å². The molecule has 0 aliphatic carbocycles. The van der Waals surface area contributed by atoms with Crippen LogP contribution in [0.4, 0.5) is 5.69 Å². The first-order chi connectivity index (χ1) is 11.9. The number of ether oxygens (including phenoxy) is 1. The number of esters is 1. The second-order valence-corrected chi connectivity index (χ2v) is 7.16. The number of fused-ring (bicyclic) bond motifs is 1. The molecular weight excluding hydrogens is 340 g/mol. The van der Waals surface area contributed by atoms with Crippen molar-refractivity contribution in [3.8, 4) is 0 Å². The lowest BCUT2D eigenvalue weighted by Crippen LogP contribution is -2.14. The first kappa shape index (κ1) is 16.9. The number of hydrogen-bond acceptors (Lipinski definition) is 5. The average molecular weight is 356 g/mol. The summed E-state index contributed by atoms with van der Waals surface area (Å²) in [6, 6.07) is 14.8. The van der Waals surface area contributed by atoms with Crippen molar-refractivity contribution in [2.45, 2.75) is 11.8 Å². The summed E-state index contributed by atoms with van der Waals surface area (Å²) in [7, 11) is -2.56. The molecule has 6 nitrogen and oxygen atoms in total. The molecule has 128 valence electrons. The summed E-state index contributed by atoms with van der Waals surface area (Å²) in [5.41, 5.74) is 1.75. The highest BCUT2D eigenvalue weighted by Crippen LogP contribution is 2.26. The first-order valence-electron chi connectivity index (χ1n) is 7.48. The minimum Gasteiger partial charge on any atom is -0.464 e. The minimum atomic E-state index is -3.80. The van der Waals surface area contributed by atoms with Gasteiger partial charge in [0.05, 0.1) is 23.2 Å². The molecule has 1 N–H and O–H groups in total. The Labute approximate surface area is 145 Å². The van der Waals surface area contributed by atoms with Crippen LogP contribution in [0.2, 0.25) is 0 Å². The summed E-state index contributed by atoms with van der Waals surface area (Å²) in [4.78, 5) is 16.2. The van der Waals surface area contributed by atoms with E-state index < -0.39 is 16.0 Å². The topological polar surface area (TPSA) is 85.4 Å². The molecule has 0 saturated heterocycles. The Morgan fingerprint density at radius 1 is 1.08 bits per heavy atom. The molecule has 2 aromatic carbocycles. The molecule has 0 radical (unpaired) electrons. The van der Waals surface area contributed by atoms with Gasteiger partial charge in [0, 0.05) is 5.39 Å². The lowest BCUT2D eigenvalue weighted by Gasteiger charge is -2.12. The highest BCUT2D eigenvalue weighted by atomic mass is 32.2. The third-order valence-electron chi connectivity index (χ3n) is 3.69. The normalized spacial score (nSPS) is 11.3. The molecule has 1 heterocycles. The average Bonchev–Trinajstić information content (AvgIpc) is 2.61. The van der Waals surface area contributed by atoms with Crippen LogP contribution in [0.3, 0.4) is 0 Å². The molecule has 0 aliphatic rings. The van der Waals surface area contributed by atoms with Crippen molar-refractivity contribution >= 4 is 32.6 Å². The Morgan fingerprint density at radius 3 is 2.44 bits per heavy atom. The Balaban J connectivity index is 2.11. The minimum absolute atomic E-state index is 0.0304. The molecule has 0 amide bonds. The number of sulfonamides is 1. The Hall–Kier alpha value is -2.93. The van der Waals surface area contributed by atoms with Crippen molar-refractivity contribution in [2.75, 3.05) is 11.8 Å². The van der Waals surface area contributed by atoms with E-state index in [1.54, 1.807) is 36.4 Å². The summed E-state index contributed by atoms with van der Waals surface area (Å²) in [6.07, 6.45) is 0. The molecule has 0 atom stereocenters. The zero-order chi connectivity index (χ0) is 18.0. The van der Waals surface area contributed by atoms with Crippen LogP contribution in [0.1, 0.15) is 16.1 Å². The van der Waals surface area contributed by atoms with E-state index in [4.69, 9.17) is 0 Å². The number of para-hydroxylation sites is 1. The quantitative estimate of drug-likeness (QED) is 0.726. The molecule has 0 aliphatic heterocycles. The summed E-state index contributed by atoms with van der Waals surface area (Å²) in [5, 5.41) is 0.589. The number of methoxy groups -OCH3 is 1. The fourth-order valence-corrected chi connectivity index (χ4v) is 3.46. The number of benzene rings is 2. The van der Waals surface area contributed by atoms with Gasteiger partial charge in [-0.3, -0.25) is 4.72 Å². The fourth-order valence-electron chi connectivity index (χ4n) is 2.39. The number of hydrogen-bond donors (Lipinski definition) is 1. The number of anilines is 1. The first-order valence-corrected chi connectivity index (χ1v) is 8.96. The lowest BCUT2D eigenvalue weighted by molar-refractivity contribution is 0.0594. The van der Waals surface area contributed by atoms with Gasteiger partial charge in [-0.1, -0.05) is 35.9 Å². The van der Waals surface area contributed by atoms with Gasteiger partial charge >= 0.3 is 5.97 Å². The number of rotatable bonds is 4. The van der Waals surface area contributed by atoms with E-state index in [2.05, 4.69) is 14.4 Å². The Kier molecular flexibility index (Phi) is 4.41. The maximum Gasteiger partial charge on any atom is 0.356 e. The zero-order valence-electron chi connectivity index (χ0n) is 13.7. The molecule has 0 fully saturated rings. The number of pyridine rings is 1. The maximum atomic E-state index is 12.7. The number of carbonyl (C=O) groups excluding carboxylic acids is 1. The molecule has 3 rings (SSSR count). The van der Waals surface area contributed by atoms with E-state index in [0.29, 0.717) is 10.9 Å². The number of aryl methyl sites for hydroxylation is 1. The molecule has 25 heavy (non-hydrogen) atoms. The summed E-state index contributed by atoms with van der Waals surface area (Å²) < 4.78 is 32.5. The van der Waals surface area contributed by atoms with E-state index in [-0.39, 0.29) is 16.3 Å². The number of nitrogens with zero attached hydrogens (tertiary/aromatic N) is 1. The van der Waals surface area contributed by atoms with Gasteiger partial charge in [-0.05, 0) is 31.2 Å². The monoisotopic (exact) mass is 356 g/mol. The SMILES string of the molecule is COC(=O)c1cc(NS(=O)(=O)c2ccc(C)cc2)c2ccccc2n1. The van der Waals surface area contributed by atoms with Crippen molar-refractivity contribution in [1.82, 2.24) is 4.98 Å². The zero-order valence-corrected chi connectivity index (χ0v) is 14.5. The van der Waals surface area contributed by atoms with Gasteiger partial charge in [-0.25, -0.2) is 18.2 Å². The number of aromatic nitrogens is 1. The van der Waals surface area contributed by atoms with Crippen LogP contribution < -0.4 is 4.72 Å². The van der Waals surface area contributed by atoms with Crippen molar-refractivity contribution in [2.24, 2.45) is 0 Å². The smallest absolute Gasteiger partial charge is 0.356 e. The van der Waals surface area contributed by atoms with Gasteiger partial charge in [0.25, 0.3) is 10.0 Å². The predicted octanol–water partition coefficient (Wildman–Crippen LogP) is 3.13. The molecule has 1 aromatic heterocycles. The molecule has 0 spiro atoms. The second kappa shape index (κ2) is 6.52. The van der Waals surface area contributed by atoms with Crippen LogP contribution in [0.5, 0.6) is 0 Å². The molecule has 7 heteroatoms. The van der Waals surface area contributed by atoms with Crippen molar-refractivity contribution in [3.63, 3.8) is 0 Å². The van der Waals surface area contributed by atoms with Gasteiger partial charge in [-0.15, -0.1) is 0 Å². The standard InChI is InChI=1S/C18H16N2O4S/c1-12-7-9-13(10-8-12)25(22,23)20-16-11-17(18(21)24-2)19-15-6-4-3-5-14(15)16/h3-11H,1-2H3,(H,19,20). The van der Waals surface area contributed by atoms with Gasteiger partial charge in [0.2, 0.25) is 0 Å². The van der Waals surface area contributed by atoms with Crippen LogP contribution in [-0.2, 0) is 14.8 Å². The van der Waals surface area contributed by atoms with E-state index in [0.717, 1.165) is 5.56 Å². The summed E-state index contributed by atoms with van der Waals surface area (Å²) in [6.45, 7) is 1.88. The lowest BCUT2D eigenvalue weighted by atomic mass is 10.1. The van der Waals surface area contributed by atoms with E-state index in [1.165, 1.54) is 25.3 Å². The summed E-state index contributed by atoms with van der Waals surface area (Å²) >= 11 is 0. The largest absolute Gasteiger partial charge is 0.464 e. The van der Waals surface area contributed by atoms with Crippen molar-refractivity contribution in [1.29, 1.82) is 0 Å². The third-order valence-corrected chi connectivity index (χ3v) is 5.07. The van der Waals surface area contributed by atoms with Crippen LogP contribution in [0, 0.1) is 6.92 Å². The highest BCUT2D eigenvalue weighted by Gasteiger charge is 2.18. The molecule has 0 bridgehead atoms. The maximum absolute atomic E-state index is 12.7. The molecule has 0 unspecified atom stereocenters. The van der Waals surface area contributed by atoms with Crippen molar-refractivity contribution in [3.05, 3.63) is 65.9 Å². The van der Waals surface area contributed by atoms with Gasteiger partial charge in [0.15, 0.2) is 5.69 Å². The van der Waals surface area contributed by atoms with Crippen LogP contribution in [0.25, 0.3) is 10.9 Å².